The van der Waals surface area contributed by atoms with Gasteiger partial charge in [-0.3, -0.25) is 0 Å². The third-order valence-corrected chi connectivity index (χ3v) is 1.83. The Morgan fingerprint density at radius 2 is 1.20 bits per heavy atom. The van der Waals surface area contributed by atoms with Crippen molar-refractivity contribution in [1.82, 2.24) is 0 Å². The highest BCUT2D eigenvalue weighted by molar-refractivity contribution is 4.76. The van der Waals surface area contributed by atoms with Gasteiger partial charge in [0.25, 0.3) is 0 Å². The van der Waals surface area contributed by atoms with Crippen LogP contribution < -0.4 is 0 Å². The van der Waals surface area contributed by atoms with Crippen molar-refractivity contribution in [2.75, 3.05) is 6.61 Å². The second-order valence-corrected chi connectivity index (χ2v) is 6.58. The van der Waals surface area contributed by atoms with Crippen molar-refractivity contribution < 1.29 is 14.9 Å². The monoisotopic (exact) mass is 218 g/mol. The minimum absolute atomic E-state index is 0.0569. The van der Waals surface area contributed by atoms with E-state index in [0.717, 1.165) is 6.42 Å². The first-order valence-corrected chi connectivity index (χ1v) is 5.45. The molecule has 0 unspecified atom stereocenters. The lowest BCUT2D eigenvalue weighted by Gasteiger charge is -2.34. The molecule has 1 N–H and O–H groups in total. The van der Waals surface area contributed by atoms with Crippen LogP contribution in [0.15, 0.2) is 0 Å². The maximum atomic E-state index is 9.02. The molecule has 0 spiro atoms. The van der Waals surface area contributed by atoms with Gasteiger partial charge in [0.1, 0.15) is 5.60 Å². The molecule has 3 heteroatoms. The summed E-state index contributed by atoms with van der Waals surface area (Å²) >= 11 is 0. The fourth-order valence-electron chi connectivity index (χ4n) is 1.56. The zero-order valence-electron chi connectivity index (χ0n) is 11.2. The highest BCUT2D eigenvalue weighted by atomic mass is 17.2. The zero-order chi connectivity index (χ0) is 12.3. The summed E-state index contributed by atoms with van der Waals surface area (Å²) in [6.45, 7) is 14.0. The molecule has 92 valence electrons. The normalized spacial score (nSPS) is 14.4. The van der Waals surface area contributed by atoms with Crippen molar-refractivity contribution in [2.45, 2.75) is 66.1 Å². The number of hydrogen-bond donors (Lipinski definition) is 1. The predicted molar refractivity (Wildman–Crippen MR) is 61.5 cm³/mol. The van der Waals surface area contributed by atoms with E-state index < -0.39 is 5.60 Å². The van der Waals surface area contributed by atoms with Crippen molar-refractivity contribution in [3.05, 3.63) is 0 Å². The van der Waals surface area contributed by atoms with E-state index in [1.807, 2.05) is 13.8 Å². The van der Waals surface area contributed by atoms with Gasteiger partial charge in [-0.2, -0.15) is 0 Å². The molecular weight excluding hydrogens is 192 g/mol. The molecule has 0 rings (SSSR count). The van der Waals surface area contributed by atoms with Gasteiger partial charge in [-0.25, -0.2) is 9.78 Å². The zero-order valence-corrected chi connectivity index (χ0v) is 11.2. The molecule has 0 saturated carbocycles. The fraction of sp³-hybridized carbons (Fsp3) is 1.00. The van der Waals surface area contributed by atoms with Crippen LogP contribution in [0.25, 0.3) is 0 Å². The fourth-order valence-corrected chi connectivity index (χ4v) is 1.56. The van der Waals surface area contributed by atoms with E-state index in [-0.39, 0.29) is 17.6 Å². The Morgan fingerprint density at radius 1 is 0.800 bits per heavy atom. The van der Waals surface area contributed by atoms with E-state index in [1.165, 1.54) is 0 Å². The summed E-state index contributed by atoms with van der Waals surface area (Å²) in [7, 11) is 0. The predicted octanol–water partition coefficient (Wildman–Crippen LogP) is 2.92. The van der Waals surface area contributed by atoms with Gasteiger partial charge in [0.05, 0.1) is 12.2 Å². The maximum absolute atomic E-state index is 9.02. The Hall–Kier alpha value is -0.120. The molecule has 3 nitrogen and oxygen atoms in total. The Balaban J connectivity index is 4.16. The number of rotatable bonds is 5. The first kappa shape index (κ1) is 14.9. The highest BCUT2D eigenvalue weighted by Crippen LogP contribution is 2.30. The molecule has 0 aliphatic rings. The standard InChI is InChI=1S/C12H26O3/c1-10(2,3)8-11(4,5)14-15-12(6,7)9-13/h13H,8-9H2,1-7H3. The molecule has 0 aromatic rings. The summed E-state index contributed by atoms with van der Waals surface area (Å²) in [5.74, 6) is 0. The molecule has 0 saturated heterocycles. The number of aliphatic hydroxyl groups is 1. The average Bonchev–Trinajstić information content (AvgIpc) is 1.97. The summed E-state index contributed by atoms with van der Waals surface area (Å²) in [6.07, 6.45) is 0.890. The Bertz CT molecular complexity index is 190. The van der Waals surface area contributed by atoms with Crippen LogP contribution in [0.5, 0.6) is 0 Å². The van der Waals surface area contributed by atoms with Gasteiger partial charge < -0.3 is 5.11 Å². The Kier molecular flexibility index (Phi) is 4.77. The second-order valence-electron chi connectivity index (χ2n) is 6.58. The first-order chi connectivity index (χ1) is 6.47. The van der Waals surface area contributed by atoms with Crippen molar-refractivity contribution in [3.63, 3.8) is 0 Å². The van der Waals surface area contributed by atoms with Gasteiger partial charge >= 0.3 is 0 Å². The molecule has 0 fully saturated rings. The lowest BCUT2D eigenvalue weighted by molar-refractivity contribution is -0.407. The van der Waals surface area contributed by atoms with E-state index in [1.54, 1.807) is 13.8 Å². The minimum atomic E-state index is -0.644. The van der Waals surface area contributed by atoms with Gasteiger partial charge in [0, 0.05) is 0 Å². The van der Waals surface area contributed by atoms with E-state index in [0.29, 0.717) is 0 Å². The van der Waals surface area contributed by atoms with Gasteiger partial charge in [0.15, 0.2) is 0 Å². The molecule has 0 amide bonds. The molecular formula is C12H26O3. The average molecular weight is 218 g/mol. The van der Waals surface area contributed by atoms with Crippen molar-refractivity contribution in [2.24, 2.45) is 5.41 Å². The quantitative estimate of drug-likeness (QED) is 0.569. The van der Waals surface area contributed by atoms with Crippen LogP contribution in [0.4, 0.5) is 0 Å². The minimum Gasteiger partial charge on any atom is -0.393 e. The largest absolute Gasteiger partial charge is 0.393 e. The van der Waals surface area contributed by atoms with Crippen molar-refractivity contribution >= 4 is 0 Å². The van der Waals surface area contributed by atoms with Gasteiger partial charge in [0.2, 0.25) is 0 Å². The van der Waals surface area contributed by atoms with E-state index in [2.05, 4.69) is 20.8 Å². The van der Waals surface area contributed by atoms with Crippen LogP contribution in [0.2, 0.25) is 0 Å². The summed E-state index contributed by atoms with van der Waals surface area (Å²) in [4.78, 5) is 10.6. The molecule has 0 radical (unpaired) electrons. The number of aliphatic hydroxyl groups excluding tert-OH is 1. The topological polar surface area (TPSA) is 38.7 Å². The summed E-state index contributed by atoms with van der Waals surface area (Å²) < 4.78 is 0. The Morgan fingerprint density at radius 3 is 1.53 bits per heavy atom. The SMILES string of the molecule is CC(C)(C)CC(C)(C)OOC(C)(C)CO. The van der Waals surface area contributed by atoms with Crippen LogP contribution in [0.1, 0.15) is 54.9 Å². The van der Waals surface area contributed by atoms with Gasteiger partial charge in [-0.1, -0.05) is 20.8 Å². The molecule has 0 bridgehead atoms. The Labute approximate surface area is 93.7 Å². The molecule has 0 aromatic heterocycles. The second kappa shape index (κ2) is 4.81. The molecule has 0 atom stereocenters. The van der Waals surface area contributed by atoms with E-state index in [9.17, 15) is 0 Å². The third kappa shape index (κ3) is 7.77. The smallest absolute Gasteiger partial charge is 0.121 e. The first-order valence-electron chi connectivity index (χ1n) is 5.45. The highest BCUT2D eigenvalue weighted by Gasteiger charge is 2.30. The van der Waals surface area contributed by atoms with Crippen LogP contribution in [0, 0.1) is 5.41 Å². The number of hydrogen-bond acceptors (Lipinski definition) is 3. The van der Waals surface area contributed by atoms with Gasteiger partial charge in [-0.05, 0) is 39.5 Å². The van der Waals surface area contributed by atoms with E-state index >= 15 is 0 Å². The molecule has 0 aliphatic carbocycles. The molecule has 0 heterocycles. The molecule has 0 aromatic carbocycles. The van der Waals surface area contributed by atoms with Crippen molar-refractivity contribution in [1.29, 1.82) is 0 Å². The van der Waals surface area contributed by atoms with Crippen LogP contribution in [0.3, 0.4) is 0 Å². The van der Waals surface area contributed by atoms with Crippen molar-refractivity contribution in [3.8, 4) is 0 Å². The van der Waals surface area contributed by atoms with Crippen LogP contribution in [-0.2, 0) is 9.78 Å². The summed E-state index contributed by atoms with van der Waals surface area (Å²) in [6, 6.07) is 0. The summed E-state index contributed by atoms with van der Waals surface area (Å²) in [5, 5.41) is 9.02. The molecule has 15 heavy (non-hydrogen) atoms. The van der Waals surface area contributed by atoms with E-state index in [4.69, 9.17) is 14.9 Å². The van der Waals surface area contributed by atoms with Crippen LogP contribution >= 0.6 is 0 Å². The third-order valence-electron chi connectivity index (χ3n) is 1.83. The lowest BCUT2D eigenvalue weighted by atomic mass is 9.84. The van der Waals surface area contributed by atoms with Crippen LogP contribution in [-0.4, -0.2) is 22.9 Å². The maximum Gasteiger partial charge on any atom is 0.121 e. The molecule has 0 aliphatic heterocycles. The van der Waals surface area contributed by atoms with Gasteiger partial charge in [-0.15, -0.1) is 0 Å². The lowest BCUT2D eigenvalue weighted by Crippen LogP contribution is -2.37. The summed E-state index contributed by atoms with van der Waals surface area (Å²) in [5.41, 5.74) is -0.796.